The lowest BCUT2D eigenvalue weighted by atomic mass is 10.3. The summed E-state index contributed by atoms with van der Waals surface area (Å²) in [6.07, 6.45) is 0.898. The van der Waals surface area contributed by atoms with Crippen molar-refractivity contribution in [3.8, 4) is 0 Å². The minimum atomic E-state index is -1.14. The molecule has 0 radical (unpaired) electrons. The Morgan fingerprint density at radius 2 is 2.40 bits per heavy atom. The third-order valence-corrected chi connectivity index (χ3v) is 1.85. The first-order valence-electron chi connectivity index (χ1n) is 4.53. The quantitative estimate of drug-likeness (QED) is 0.766. The highest BCUT2D eigenvalue weighted by atomic mass is 16.5. The molecule has 0 amide bonds. The second-order valence-corrected chi connectivity index (χ2v) is 2.93. The molecule has 15 heavy (non-hydrogen) atoms. The Hall–Kier alpha value is -1.69. The smallest absolute Gasteiger partial charge is 0.341 e. The number of aromatic nitrogens is 2. The molecule has 0 spiro atoms. The van der Waals surface area contributed by atoms with Crippen molar-refractivity contribution in [1.29, 1.82) is 0 Å². The number of ether oxygens (including phenoxy) is 1. The van der Waals surface area contributed by atoms with Crippen molar-refractivity contribution in [2.45, 2.75) is 20.0 Å². The zero-order valence-corrected chi connectivity index (χ0v) is 8.60. The van der Waals surface area contributed by atoms with E-state index in [1.165, 1.54) is 6.20 Å². The van der Waals surface area contributed by atoms with Crippen LogP contribution in [0.4, 0.5) is 5.82 Å². The number of nitrogen functional groups attached to an aromatic ring is 1. The second-order valence-electron chi connectivity index (χ2n) is 2.93. The van der Waals surface area contributed by atoms with Crippen LogP contribution in [0, 0.1) is 0 Å². The van der Waals surface area contributed by atoms with Crippen LogP contribution in [-0.2, 0) is 4.74 Å². The van der Waals surface area contributed by atoms with E-state index in [0.29, 0.717) is 12.4 Å². The number of carboxylic acid groups (broad SMARTS) is 1. The maximum atomic E-state index is 10.6. The second kappa shape index (κ2) is 4.70. The lowest BCUT2D eigenvalue weighted by molar-refractivity contribution is 0.0678. The van der Waals surface area contributed by atoms with E-state index < -0.39 is 5.97 Å². The highest BCUT2D eigenvalue weighted by Crippen LogP contribution is 2.15. The van der Waals surface area contributed by atoms with Gasteiger partial charge >= 0.3 is 5.97 Å². The van der Waals surface area contributed by atoms with Crippen LogP contribution in [0.2, 0.25) is 0 Å². The van der Waals surface area contributed by atoms with E-state index in [2.05, 4.69) is 9.97 Å². The Kier molecular flexibility index (Phi) is 3.56. The summed E-state index contributed by atoms with van der Waals surface area (Å²) in [6, 6.07) is 0. The van der Waals surface area contributed by atoms with Crippen LogP contribution in [0.15, 0.2) is 6.20 Å². The van der Waals surface area contributed by atoms with E-state index in [9.17, 15) is 4.79 Å². The Labute approximate surface area is 87.1 Å². The number of hydrogen-bond acceptors (Lipinski definition) is 5. The highest BCUT2D eigenvalue weighted by Gasteiger charge is 2.14. The van der Waals surface area contributed by atoms with Crippen LogP contribution in [0.1, 0.15) is 36.1 Å². The molecule has 1 atom stereocenters. The fourth-order valence-corrected chi connectivity index (χ4v) is 1.09. The lowest BCUT2D eigenvalue weighted by Crippen LogP contribution is -2.11. The monoisotopic (exact) mass is 211 g/mol. The van der Waals surface area contributed by atoms with Gasteiger partial charge in [-0.2, -0.15) is 0 Å². The SMILES string of the molecule is CCOC(C)c1ncc(C(=O)O)c(N)n1. The predicted molar refractivity (Wildman–Crippen MR) is 53.4 cm³/mol. The van der Waals surface area contributed by atoms with Crippen LogP contribution >= 0.6 is 0 Å². The van der Waals surface area contributed by atoms with Gasteiger partial charge in [0.25, 0.3) is 0 Å². The number of aromatic carboxylic acids is 1. The molecule has 1 unspecified atom stereocenters. The number of carbonyl (C=O) groups is 1. The summed E-state index contributed by atoms with van der Waals surface area (Å²) in [5.41, 5.74) is 5.37. The van der Waals surface area contributed by atoms with Gasteiger partial charge in [-0.3, -0.25) is 0 Å². The standard InChI is InChI=1S/C9H13N3O3/c1-3-15-5(2)8-11-4-6(9(13)14)7(10)12-8/h4-5H,3H2,1-2H3,(H,13,14)(H2,10,11,12). The van der Waals surface area contributed by atoms with Crippen molar-refractivity contribution in [2.24, 2.45) is 0 Å². The highest BCUT2D eigenvalue weighted by molar-refractivity contribution is 5.92. The molecule has 0 aliphatic carbocycles. The third-order valence-electron chi connectivity index (χ3n) is 1.85. The van der Waals surface area contributed by atoms with Crippen molar-refractivity contribution in [3.63, 3.8) is 0 Å². The van der Waals surface area contributed by atoms with Gasteiger partial charge in [-0.15, -0.1) is 0 Å². The summed E-state index contributed by atoms with van der Waals surface area (Å²) in [5, 5.41) is 8.71. The van der Waals surface area contributed by atoms with E-state index in [4.69, 9.17) is 15.6 Å². The van der Waals surface area contributed by atoms with E-state index in [1.807, 2.05) is 6.92 Å². The topological polar surface area (TPSA) is 98.3 Å². The molecule has 1 aromatic heterocycles. The molecular weight excluding hydrogens is 198 g/mol. The third kappa shape index (κ3) is 2.63. The van der Waals surface area contributed by atoms with Gasteiger partial charge < -0.3 is 15.6 Å². The average Bonchev–Trinajstić information content (AvgIpc) is 2.17. The van der Waals surface area contributed by atoms with Crippen molar-refractivity contribution >= 4 is 11.8 Å². The molecule has 0 saturated heterocycles. The van der Waals surface area contributed by atoms with Gasteiger partial charge in [-0.1, -0.05) is 0 Å². The van der Waals surface area contributed by atoms with E-state index in [0.717, 1.165) is 0 Å². The Bertz CT molecular complexity index is 368. The van der Waals surface area contributed by atoms with Gasteiger partial charge in [0, 0.05) is 12.8 Å². The van der Waals surface area contributed by atoms with Crippen LogP contribution in [0.5, 0.6) is 0 Å². The molecule has 1 rings (SSSR count). The minimum absolute atomic E-state index is 0.0425. The Morgan fingerprint density at radius 3 is 2.87 bits per heavy atom. The van der Waals surface area contributed by atoms with Crippen LogP contribution < -0.4 is 5.73 Å². The zero-order chi connectivity index (χ0) is 11.4. The predicted octanol–water partition coefficient (Wildman–Crippen LogP) is 0.855. The number of nitrogens with two attached hydrogens (primary N) is 1. The molecular formula is C9H13N3O3. The van der Waals surface area contributed by atoms with Gasteiger partial charge in [0.15, 0.2) is 5.82 Å². The summed E-state index contributed by atoms with van der Waals surface area (Å²) >= 11 is 0. The number of rotatable bonds is 4. The first-order valence-corrected chi connectivity index (χ1v) is 4.53. The van der Waals surface area contributed by atoms with Crippen molar-refractivity contribution < 1.29 is 14.6 Å². The number of carboxylic acids is 1. The summed E-state index contributed by atoms with van der Waals surface area (Å²) < 4.78 is 5.26. The fraction of sp³-hybridized carbons (Fsp3) is 0.444. The molecule has 0 fully saturated rings. The molecule has 0 aromatic carbocycles. The van der Waals surface area contributed by atoms with Gasteiger partial charge in [0.1, 0.15) is 17.5 Å². The van der Waals surface area contributed by atoms with E-state index in [1.54, 1.807) is 6.92 Å². The molecule has 0 aliphatic rings. The van der Waals surface area contributed by atoms with Crippen molar-refractivity contribution in [2.75, 3.05) is 12.3 Å². The molecule has 0 saturated carbocycles. The summed E-state index contributed by atoms with van der Waals surface area (Å²) in [7, 11) is 0. The van der Waals surface area contributed by atoms with Gasteiger partial charge in [0.05, 0.1) is 0 Å². The van der Waals surface area contributed by atoms with E-state index in [-0.39, 0.29) is 17.5 Å². The normalized spacial score (nSPS) is 12.4. The van der Waals surface area contributed by atoms with Gasteiger partial charge in [0.2, 0.25) is 0 Å². The van der Waals surface area contributed by atoms with Crippen molar-refractivity contribution in [1.82, 2.24) is 9.97 Å². The maximum absolute atomic E-state index is 10.6. The Morgan fingerprint density at radius 1 is 1.73 bits per heavy atom. The van der Waals surface area contributed by atoms with Crippen LogP contribution in [-0.4, -0.2) is 27.7 Å². The minimum Gasteiger partial charge on any atom is -0.477 e. The fourth-order valence-electron chi connectivity index (χ4n) is 1.09. The van der Waals surface area contributed by atoms with Gasteiger partial charge in [-0.05, 0) is 13.8 Å². The number of anilines is 1. The first kappa shape index (κ1) is 11.4. The number of hydrogen-bond donors (Lipinski definition) is 2. The first-order chi connectivity index (χ1) is 7.06. The van der Waals surface area contributed by atoms with Crippen LogP contribution in [0.25, 0.3) is 0 Å². The molecule has 82 valence electrons. The van der Waals surface area contributed by atoms with Crippen LogP contribution in [0.3, 0.4) is 0 Å². The summed E-state index contributed by atoms with van der Waals surface area (Å²) in [6.45, 7) is 4.16. The lowest BCUT2D eigenvalue weighted by Gasteiger charge is -2.10. The molecule has 1 heterocycles. The average molecular weight is 211 g/mol. The summed E-state index contributed by atoms with van der Waals surface area (Å²) in [4.78, 5) is 18.4. The molecule has 0 aliphatic heterocycles. The molecule has 6 heteroatoms. The largest absolute Gasteiger partial charge is 0.477 e. The zero-order valence-electron chi connectivity index (χ0n) is 8.60. The molecule has 3 N–H and O–H groups in total. The molecule has 0 bridgehead atoms. The summed E-state index contributed by atoms with van der Waals surface area (Å²) in [5.74, 6) is -0.790. The molecule has 1 aromatic rings. The van der Waals surface area contributed by atoms with Gasteiger partial charge in [-0.25, -0.2) is 14.8 Å². The molecule has 6 nitrogen and oxygen atoms in total. The van der Waals surface area contributed by atoms with Crippen molar-refractivity contribution in [3.05, 3.63) is 17.6 Å². The maximum Gasteiger partial charge on any atom is 0.341 e. The van der Waals surface area contributed by atoms with E-state index >= 15 is 0 Å². The Balaban J connectivity index is 2.96. The number of nitrogens with zero attached hydrogens (tertiary/aromatic N) is 2.